The van der Waals surface area contributed by atoms with Crippen molar-refractivity contribution in [1.82, 2.24) is 4.57 Å². The lowest BCUT2D eigenvalue weighted by atomic mass is 9.74. The van der Waals surface area contributed by atoms with Crippen molar-refractivity contribution in [3.05, 3.63) is 229 Å². The Labute approximate surface area is 347 Å². The smallest absolute Gasteiger partial charge is 0.0622 e. The second kappa shape index (κ2) is 13.2. The number of benzene rings is 9. The minimum Gasteiger partial charge on any atom is -0.310 e. The molecule has 0 fully saturated rings. The maximum atomic E-state index is 2.50. The van der Waals surface area contributed by atoms with Crippen molar-refractivity contribution in [2.75, 3.05) is 4.90 Å². The van der Waals surface area contributed by atoms with E-state index in [1.54, 1.807) is 0 Å². The standard InChI is InChI=1S/C56H38N2S/c1-56(39-17-7-3-8-18-39)49-23-13-11-22-47(49)54-50(56)33-32-46-48-35-42(30-34-51(48)58(55(46)54)40-19-9-4-10-20-40)57(41-27-25-38(26-28-41)37-15-5-2-6-16-37)43-29-31-45-44-21-12-14-24-52(44)59-53(45)36-43/h2-36H,1H3. The fourth-order valence-corrected chi connectivity index (χ4v) is 11.0. The maximum absolute atomic E-state index is 2.50. The van der Waals surface area contributed by atoms with Crippen LogP contribution in [-0.2, 0) is 5.41 Å². The van der Waals surface area contributed by atoms with Crippen molar-refractivity contribution < 1.29 is 0 Å². The molecule has 0 aliphatic heterocycles. The summed E-state index contributed by atoms with van der Waals surface area (Å²) >= 11 is 1.86. The predicted octanol–water partition coefficient (Wildman–Crippen LogP) is 15.6. The first kappa shape index (κ1) is 33.9. The van der Waals surface area contributed by atoms with Crippen molar-refractivity contribution in [3.63, 3.8) is 0 Å². The minimum absolute atomic E-state index is 0.293. The molecule has 0 bridgehead atoms. The number of aromatic nitrogens is 1. The molecule has 12 rings (SSSR count). The first-order chi connectivity index (χ1) is 29.1. The number of nitrogens with zero attached hydrogens (tertiary/aromatic N) is 2. The van der Waals surface area contributed by atoms with E-state index in [4.69, 9.17) is 0 Å². The van der Waals surface area contributed by atoms with E-state index in [1.165, 1.54) is 80.9 Å². The molecule has 1 aliphatic rings. The van der Waals surface area contributed by atoms with Gasteiger partial charge in [0, 0.05) is 64.7 Å². The summed E-state index contributed by atoms with van der Waals surface area (Å²) in [4.78, 5) is 2.43. The van der Waals surface area contributed by atoms with Gasteiger partial charge in [0.15, 0.2) is 0 Å². The molecule has 1 aliphatic carbocycles. The van der Waals surface area contributed by atoms with E-state index < -0.39 is 0 Å². The Morgan fingerprint density at radius 1 is 0.441 bits per heavy atom. The van der Waals surface area contributed by atoms with E-state index in [0.29, 0.717) is 0 Å². The van der Waals surface area contributed by atoms with E-state index >= 15 is 0 Å². The van der Waals surface area contributed by atoms with Gasteiger partial charge in [-0.2, -0.15) is 0 Å². The van der Waals surface area contributed by atoms with Crippen LogP contribution in [0.25, 0.3) is 69.9 Å². The van der Waals surface area contributed by atoms with Crippen LogP contribution in [0.15, 0.2) is 212 Å². The van der Waals surface area contributed by atoms with Gasteiger partial charge in [-0.15, -0.1) is 11.3 Å². The van der Waals surface area contributed by atoms with Gasteiger partial charge in [0.1, 0.15) is 0 Å². The molecule has 1 unspecified atom stereocenters. The third-order valence-corrected chi connectivity index (χ3v) is 13.8. The van der Waals surface area contributed by atoms with Crippen molar-refractivity contribution in [2.45, 2.75) is 12.3 Å². The van der Waals surface area contributed by atoms with Crippen LogP contribution in [0.1, 0.15) is 23.6 Å². The summed E-state index contributed by atoms with van der Waals surface area (Å²) < 4.78 is 5.10. The lowest BCUT2D eigenvalue weighted by Gasteiger charge is -2.28. The normalized spacial score (nSPS) is 14.6. The molecule has 1 atom stereocenters. The highest BCUT2D eigenvalue weighted by Gasteiger charge is 2.42. The Balaban J connectivity index is 1.11. The number of thiophene rings is 1. The lowest BCUT2D eigenvalue weighted by molar-refractivity contribution is 0.714. The molecule has 9 aromatic carbocycles. The summed E-state index contributed by atoms with van der Waals surface area (Å²) in [6.07, 6.45) is 0. The fraction of sp³-hybridized carbons (Fsp3) is 0.0357. The van der Waals surface area contributed by atoms with Gasteiger partial charge in [0.25, 0.3) is 0 Å². The van der Waals surface area contributed by atoms with Gasteiger partial charge >= 0.3 is 0 Å². The first-order valence-electron chi connectivity index (χ1n) is 20.3. The minimum atomic E-state index is -0.293. The van der Waals surface area contributed by atoms with Crippen molar-refractivity contribution >= 4 is 70.4 Å². The largest absolute Gasteiger partial charge is 0.310 e. The highest BCUT2D eigenvalue weighted by Crippen LogP contribution is 2.56. The number of hydrogen-bond donors (Lipinski definition) is 0. The zero-order valence-corrected chi connectivity index (χ0v) is 33.3. The van der Waals surface area contributed by atoms with Gasteiger partial charge in [0.05, 0.1) is 11.0 Å². The number of fused-ring (bicyclic) bond motifs is 10. The lowest BCUT2D eigenvalue weighted by Crippen LogP contribution is -2.22. The zero-order chi connectivity index (χ0) is 39.1. The van der Waals surface area contributed by atoms with Crippen LogP contribution in [-0.4, -0.2) is 4.57 Å². The number of anilines is 3. The van der Waals surface area contributed by atoms with E-state index in [1.807, 2.05) is 11.3 Å². The SMILES string of the molecule is CC1(c2ccccc2)c2ccccc2-c2c1ccc1c3cc(N(c4ccc(-c5ccccc5)cc4)c4ccc5c(c4)sc4ccccc45)ccc3n(-c3ccccc3)c21. The molecule has 3 heteroatoms. The summed E-state index contributed by atoms with van der Waals surface area (Å²) in [7, 11) is 0. The molecule has 0 saturated heterocycles. The molecule has 59 heavy (non-hydrogen) atoms. The van der Waals surface area contributed by atoms with Gasteiger partial charge in [-0.3, -0.25) is 0 Å². The van der Waals surface area contributed by atoms with Crippen LogP contribution in [0.4, 0.5) is 17.1 Å². The van der Waals surface area contributed by atoms with Crippen molar-refractivity contribution in [3.8, 4) is 27.9 Å². The molecular weight excluding hydrogens is 733 g/mol. The number of para-hydroxylation sites is 1. The van der Waals surface area contributed by atoms with Crippen LogP contribution >= 0.6 is 11.3 Å². The molecule has 2 heterocycles. The average molecular weight is 771 g/mol. The Morgan fingerprint density at radius 3 is 1.86 bits per heavy atom. The van der Waals surface area contributed by atoms with Crippen molar-refractivity contribution in [1.29, 1.82) is 0 Å². The van der Waals surface area contributed by atoms with Gasteiger partial charge in [-0.1, -0.05) is 152 Å². The average Bonchev–Trinajstić information content (AvgIpc) is 3.93. The number of hydrogen-bond acceptors (Lipinski definition) is 2. The van der Waals surface area contributed by atoms with Crippen LogP contribution in [0.2, 0.25) is 0 Å². The van der Waals surface area contributed by atoms with Crippen LogP contribution in [0, 0.1) is 0 Å². The summed E-state index contributed by atoms with van der Waals surface area (Å²) in [5.41, 5.74) is 15.7. The monoisotopic (exact) mass is 770 g/mol. The zero-order valence-electron chi connectivity index (χ0n) is 32.5. The molecule has 0 radical (unpaired) electrons. The molecule has 0 amide bonds. The molecule has 11 aromatic rings. The summed E-state index contributed by atoms with van der Waals surface area (Å²) in [6.45, 7) is 2.40. The Morgan fingerprint density at radius 2 is 1.05 bits per heavy atom. The van der Waals surface area contributed by atoms with Crippen LogP contribution in [0.5, 0.6) is 0 Å². The topological polar surface area (TPSA) is 8.17 Å². The molecule has 0 spiro atoms. The summed E-state index contributed by atoms with van der Waals surface area (Å²) in [5, 5.41) is 5.08. The second-order valence-electron chi connectivity index (χ2n) is 15.8. The summed E-state index contributed by atoms with van der Waals surface area (Å²) in [6, 6.07) is 78.2. The maximum Gasteiger partial charge on any atom is 0.0622 e. The molecule has 278 valence electrons. The highest BCUT2D eigenvalue weighted by atomic mass is 32.1. The van der Waals surface area contributed by atoms with E-state index in [9.17, 15) is 0 Å². The third-order valence-electron chi connectivity index (χ3n) is 12.7. The third kappa shape index (κ3) is 5.11. The van der Waals surface area contributed by atoms with Gasteiger partial charge in [0.2, 0.25) is 0 Å². The summed E-state index contributed by atoms with van der Waals surface area (Å²) in [5.74, 6) is 0. The second-order valence-corrected chi connectivity index (χ2v) is 16.9. The van der Waals surface area contributed by atoms with E-state index in [0.717, 1.165) is 22.7 Å². The van der Waals surface area contributed by atoms with Crippen molar-refractivity contribution in [2.24, 2.45) is 0 Å². The van der Waals surface area contributed by atoms with Gasteiger partial charge in [-0.25, -0.2) is 0 Å². The molecule has 2 nitrogen and oxygen atoms in total. The Kier molecular flexibility index (Phi) is 7.57. The Hall–Kier alpha value is -7.20. The van der Waals surface area contributed by atoms with E-state index in [-0.39, 0.29) is 5.41 Å². The van der Waals surface area contributed by atoms with Crippen LogP contribution < -0.4 is 4.90 Å². The van der Waals surface area contributed by atoms with E-state index in [2.05, 4.69) is 229 Å². The quantitative estimate of drug-likeness (QED) is 0.163. The van der Waals surface area contributed by atoms with Gasteiger partial charge in [-0.05, 0) is 101 Å². The molecule has 2 aromatic heterocycles. The molecule has 0 N–H and O–H groups in total. The predicted molar refractivity (Wildman–Crippen MR) is 251 cm³/mol. The number of rotatable bonds is 6. The molecule has 0 saturated carbocycles. The highest BCUT2D eigenvalue weighted by molar-refractivity contribution is 7.25. The van der Waals surface area contributed by atoms with Crippen LogP contribution in [0.3, 0.4) is 0 Å². The molecular formula is C56H38N2S. The van der Waals surface area contributed by atoms with Gasteiger partial charge < -0.3 is 9.47 Å². The Bertz CT molecular complexity index is 3380. The fourth-order valence-electron chi connectivity index (χ4n) is 9.87. The first-order valence-corrected chi connectivity index (χ1v) is 21.2.